The Hall–Kier alpha value is -3.30. The number of amides is 3. The minimum atomic E-state index is -0.808. The Morgan fingerprint density at radius 2 is 1.92 bits per heavy atom. The molecule has 2 N–H and O–H groups in total. The third-order valence-electron chi connectivity index (χ3n) is 3.10. The van der Waals surface area contributed by atoms with Crippen molar-refractivity contribution < 1.29 is 14.3 Å². The van der Waals surface area contributed by atoms with Gasteiger partial charge < -0.3 is 10.1 Å². The lowest BCUT2D eigenvalue weighted by atomic mass is 10.1. The van der Waals surface area contributed by atoms with E-state index < -0.39 is 11.9 Å². The van der Waals surface area contributed by atoms with Gasteiger partial charge in [0.05, 0.1) is 7.11 Å². The van der Waals surface area contributed by atoms with Crippen molar-refractivity contribution >= 4 is 35.3 Å². The SMILES string of the molecule is COc1ccc(/C=C(\C#N)C(=O)NC(=O)Nc2cccc(Cl)c2)cc1. The summed E-state index contributed by atoms with van der Waals surface area (Å²) >= 11 is 5.82. The maximum absolute atomic E-state index is 12.1. The molecule has 7 heteroatoms. The van der Waals surface area contributed by atoms with E-state index in [4.69, 9.17) is 21.6 Å². The number of anilines is 1. The van der Waals surface area contributed by atoms with Gasteiger partial charge in [-0.15, -0.1) is 0 Å². The highest BCUT2D eigenvalue weighted by atomic mass is 35.5. The number of methoxy groups -OCH3 is 1. The van der Waals surface area contributed by atoms with Gasteiger partial charge >= 0.3 is 6.03 Å². The van der Waals surface area contributed by atoms with Crippen LogP contribution in [0, 0.1) is 11.3 Å². The number of nitriles is 1. The normalized spacial score (nSPS) is 10.5. The van der Waals surface area contributed by atoms with E-state index >= 15 is 0 Å². The van der Waals surface area contributed by atoms with Gasteiger partial charge in [0.15, 0.2) is 0 Å². The van der Waals surface area contributed by atoms with Crippen LogP contribution >= 0.6 is 11.6 Å². The molecule has 0 saturated carbocycles. The van der Waals surface area contributed by atoms with Gasteiger partial charge in [0.25, 0.3) is 5.91 Å². The van der Waals surface area contributed by atoms with Gasteiger partial charge in [0, 0.05) is 10.7 Å². The summed E-state index contributed by atoms with van der Waals surface area (Å²) in [5.41, 5.74) is 0.851. The first kappa shape index (κ1) is 18.0. The number of hydrogen-bond donors (Lipinski definition) is 2. The molecular weight excluding hydrogens is 342 g/mol. The zero-order chi connectivity index (χ0) is 18.2. The van der Waals surface area contributed by atoms with Crippen LogP contribution in [0.25, 0.3) is 6.08 Å². The average molecular weight is 356 g/mol. The lowest BCUT2D eigenvalue weighted by Gasteiger charge is -2.06. The molecule has 0 aliphatic heterocycles. The third kappa shape index (κ3) is 5.37. The van der Waals surface area contributed by atoms with Gasteiger partial charge in [-0.3, -0.25) is 10.1 Å². The molecule has 0 aliphatic carbocycles. The standard InChI is InChI=1S/C18H14ClN3O3/c1-25-16-7-5-12(6-8-16)9-13(11-20)17(23)22-18(24)21-15-4-2-3-14(19)10-15/h2-10H,1H3,(H2,21,22,23,24)/b13-9+. The zero-order valence-electron chi connectivity index (χ0n) is 13.2. The van der Waals surface area contributed by atoms with Gasteiger partial charge in [-0.1, -0.05) is 29.8 Å². The van der Waals surface area contributed by atoms with Crippen LogP contribution in [0.2, 0.25) is 5.02 Å². The Balaban J connectivity index is 2.04. The van der Waals surface area contributed by atoms with Crippen molar-refractivity contribution in [3.8, 4) is 11.8 Å². The monoisotopic (exact) mass is 355 g/mol. The molecule has 0 radical (unpaired) electrons. The molecule has 2 rings (SSSR count). The number of carbonyl (C=O) groups is 2. The molecule has 0 fully saturated rings. The number of ether oxygens (including phenoxy) is 1. The van der Waals surface area contributed by atoms with Crippen LogP contribution in [0.15, 0.2) is 54.1 Å². The molecule has 3 amide bonds. The predicted octanol–water partition coefficient (Wildman–Crippen LogP) is 3.60. The molecule has 6 nitrogen and oxygen atoms in total. The number of imide groups is 1. The molecule has 0 atom stereocenters. The molecular formula is C18H14ClN3O3. The summed E-state index contributed by atoms with van der Waals surface area (Å²) in [6.45, 7) is 0. The van der Waals surface area contributed by atoms with Crippen LogP contribution in [0.5, 0.6) is 5.75 Å². The van der Waals surface area contributed by atoms with Crippen molar-refractivity contribution in [3.63, 3.8) is 0 Å². The Bertz CT molecular complexity index is 855. The van der Waals surface area contributed by atoms with Crippen molar-refractivity contribution in [1.82, 2.24) is 5.32 Å². The fraction of sp³-hybridized carbons (Fsp3) is 0.0556. The summed E-state index contributed by atoms with van der Waals surface area (Å²) in [4.78, 5) is 23.9. The summed E-state index contributed by atoms with van der Waals surface area (Å²) in [6.07, 6.45) is 1.38. The largest absolute Gasteiger partial charge is 0.497 e. The second-order valence-corrected chi connectivity index (χ2v) is 5.30. The summed E-state index contributed by atoms with van der Waals surface area (Å²) in [5, 5.41) is 14.1. The lowest BCUT2D eigenvalue weighted by Crippen LogP contribution is -2.35. The van der Waals surface area contributed by atoms with E-state index in [1.165, 1.54) is 19.3 Å². The first-order valence-corrected chi connectivity index (χ1v) is 7.53. The van der Waals surface area contributed by atoms with Gasteiger partial charge in [-0.05, 0) is 42.0 Å². The highest BCUT2D eigenvalue weighted by Gasteiger charge is 2.13. The van der Waals surface area contributed by atoms with Gasteiger partial charge in [0.2, 0.25) is 0 Å². The molecule has 0 heterocycles. The number of halogens is 1. The third-order valence-corrected chi connectivity index (χ3v) is 3.34. The van der Waals surface area contributed by atoms with E-state index in [1.54, 1.807) is 48.5 Å². The molecule has 0 aromatic heterocycles. The number of carbonyl (C=O) groups excluding carboxylic acids is 2. The summed E-state index contributed by atoms with van der Waals surface area (Å²) in [5.74, 6) is -0.154. The van der Waals surface area contributed by atoms with Gasteiger partial charge in [-0.25, -0.2) is 4.79 Å². The summed E-state index contributed by atoms with van der Waals surface area (Å²) in [7, 11) is 1.54. The number of urea groups is 1. The van der Waals surface area contributed by atoms with E-state index in [2.05, 4.69) is 10.6 Å². The maximum Gasteiger partial charge on any atom is 0.326 e. The summed E-state index contributed by atoms with van der Waals surface area (Å²) < 4.78 is 5.04. The van der Waals surface area contributed by atoms with Crippen molar-refractivity contribution in [2.24, 2.45) is 0 Å². The van der Waals surface area contributed by atoms with Crippen LogP contribution < -0.4 is 15.4 Å². The van der Waals surface area contributed by atoms with E-state index in [9.17, 15) is 9.59 Å². The molecule has 126 valence electrons. The smallest absolute Gasteiger partial charge is 0.326 e. The molecule has 2 aromatic carbocycles. The number of rotatable bonds is 4. The quantitative estimate of drug-likeness (QED) is 0.647. The van der Waals surface area contributed by atoms with Crippen molar-refractivity contribution in [2.75, 3.05) is 12.4 Å². The highest BCUT2D eigenvalue weighted by molar-refractivity contribution is 6.30. The van der Waals surface area contributed by atoms with Crippen LogP contribution in [-0.4, -0.2) is 19.0 Å². The lowest BCUT2D eigenvalue weighted by molar-refractivity contribution is -0.115. The highest BCUT2D eigenvalue weighted by Crippen LogP contribution is 2.15. The first-order chi connectivity index (χ1) is 12.0. The maximum atomic E-state index is 12.1. The van der Waals surface area contributed by atoms with E-state index in [1.807, 2.05) is 0 Å². The average Bonchev–Trinajstić information content (AvgIpc) is 2.60. The number of hydrogen-bond acceptors (Lipinski definition) is 4. The Labute approximate surface area is 149 Å². The zero-order valence-corrected chi connectivity index (χ0v) is 14.0. The molecule has 0 unspecified atom stereocenters. The van der Waals surface area contributed by atoms with Crippen LogP contribution in [0.3, 0.4) is 0 Å². The fourth-order valence-corrected chi connectivity index (χ4v) is 2.10. The van der Waals surface area contributed by atoms with Crippen molar-refractivity contribution in [1.29, 1.82) is 5.26 Å². The van der Waals surface area contributed by atoms with Crippen LogP contribution in [0.4, 0.5) is 10.5 Å². The van der Waals surface area contributed by atoms with Crippen molar-refractivity contribution in [3.05, 3.63) is 64.7 Å². The molecule has 2 aromatic rings. The van der Waals surface area contributed by atoms with Crippen molar-refractivity contribution in [2.45, 2.75) is 0 Å². The molecule has 0 saturated heterocycles. The summed E-state index contributed by atoms with van der Waals surface area (Å²) in [6, 6.07) is 14.3. The van der Waals surface area contributed by atoms with E-state index in [0.717, 1.165) is 0 Å². The first-order valence-electron chi connectivity index (χ1n) is 7.15. The fourth-order valence-electron chi connectivity index (χ4n) is 1.91. The minimum absolute atomic E-state index is 0.202. The number of nitrogens with zero attached hydrogens (tertiary/aromatic N) is 1. The Morgan fingerprint density at radius 3 is 2.52 bits per heavy atom. The Kier molecular flexibility index (Phi) is 6.15. The van der Waals surface area contributed by atoms with Gasteiger partial charge in [0.1, 0.15) is 17.4 Å². The van der Waals surface area contributed by atoms with E-state index in [0.29, 0.717) is 22.0 Å². The van der Waals surface area contributed by atoms with Crippen LogP contribution in [0.1, 0.15) is 5.56 Å². The molecule has 25 heavy (non-hydrogen) atoms. The second-order valence-electron chi connectivity index (χ2n) is 4.86. The second kappa shape index (κ2) is 8.52. The number of nitrogens with one attached hydrogen (secondary N) is 2. The minimum Gasteiger partial charge on any atom is -0.497 e. The topological polar surface area (TPSA) is 91.2 Å². The number of benzene rings is 2. The molecule has 0 spiro atoms. The van der Waals surface area contributed by atoms with Gasteiger partial charge in [-0.2, -0.15) is 5.26 Å². The Morgan fingerprint density at radius 1 is 1.20 bits per heavy atom. The predicted molar refractivity (Wildman–Crippen MR) is 95.2 cm³/mol. The van der Waals surface area contributed by atoms with E-state index in [-0.39, 0.29) is 5.57 Å². The molecule has 0 bridgehead atoms. The van der Waals surface area contributed by atoms with Crippen LogP contribution in [-0.2, 0) is 4.79 Å². The molecule has 0 aliphatic rings.